The van der Waals surface area contributed by atoms with Crippen molar-refractivity contribution in [3.05, 3.63) is 75.8 Å². The summed E-state index contributed by atoms with van der Waals surface area (Å²) in [4.78, 5) is 18.6. The number of aromatic amines is 1. The van der Waals surface area contributed by atoms with Crippen LogP contribution in [0.25, 0.3) is 10.9 Å². The van der Waals surface area contributed by atoms with Gasteiger partial charge in [0.05, 0.1) is 26.3 Å². The molecule has 1 aliphatic carbocycles. The molecule has 0 aliphatic heterocycles. The number of methoxy groups -OCH3 is 2. The normalized spacial score (nSPS) is 15.2. The molecule has 0 bridgehead atoms. The zero-order valence-electron chi connectivity index (χ0n) is 22.4. The number of nitrogens with zero attached hydrogens (tertiary/aromatic N) is 5. The predicted octanol–water partition coefficient (Wildman–Crippen LogP) is 5.19. The number of ether oxygens (including phenoxy) is 2. The molecule has 0 radical (unpaired) electrons. The molecule has 1 aliphatic rings. The Hall–Kier alpha value is -3.72. The van der Waals surface area contributed by atoms with Crippen molar-refractivity contribution in [1.82, 2.24) is 30.1 Å². The van der Waals surface area contributed by atoms with E-state index in [1.54, 1.807) is 14.2 Å². The van der Waals surface area contributed by atoms with Crippen LogP contribution in [0.5, 0.6) is 11.5 Å². The van der Waals surface area contributed by atoms with E-state index in [1.165, 1.54) is 19.3 Å². The molecule has 1 saturated carbocycles. The number of pyridine rings is 1. The molecule has 1 N–H and O–H groups in total. The van der Waals surface area contributed by atoms with Gasteiger partial charge in [-0.2, -0.15) is 0 Å². The summed E-state index contributed by atoms with van der Waals surface area (Å²) in [5.41, 5.74) is 2.40. The van der Waals surface area contributed by atoms with E-state index in [1.807, 2.05) is 47.1 Å². The Bertz CT molecular complexity index is 1430. The molecule has 1 atom stereocenters. The second kappa shape index (κ2) is 11.8. The number of hydrogen-bond acceptors (Lipinski definition) is 7. The first-order valence-electron chi connectivity index (χ1n) is 13.4. The SMILES string of the molecule is CCC(c1nnnn1C1CCCCC1)N(Cc1ccccc1OC)Cc1cc2cc(OC)ccc2[nH]c1=O. The van der Waals surface area contributed by atoms with Gasteiger partial charge in [-0.25, -0.2) is 4.68 Å². The van der Waals surface area contributed by atoms with Gasteiger partial charge in [0.15, 0.2) is 5.82 Å². The van der Waals surface area contributed by atoms with Crippen LogP contribution in [0.3, 0.4) is 0 Å². The summed E-state index contributed by atoms with van der Waals surface area (Å²) in [7, 11) is 3.33. The largest absolute Gasteiger partial charge is 0.497 e. The van der Waals surface area contributed by atoms with Crippen molar-refractivity contribution < 1.29 is 9.47 Å². The summed E-state index contributed by atoms with van der Waals surface area (Å²) in [6.07, 6.45) is 6.63. The zero-order valence-corrected chi connectivity index (χ0v) is 22.4. The summed E-state index contributed by atoms with van der Waals surface area (Å²) in [5, 5.41) is 14.0. The summed E-state index contributed by atoms with van der Waals surface area (Å²) in [6.45, 7) is 3.15. The highest BCUT2D eigenvalue weighted by molar-refractivity contribution is 5.80. The second-order valence-electron chi connectivity index (χ2n) is 9.99. The highest BCUT2D eigenvalue weighted by Gasteiger charge is 2.29. The Morgan fingerprint density at radius 2 is 1.82 bits per heavy atom. The van der Waals surface area contributed by atoms with Gasteiger partial charge in [-0.15, -0.1) is 5.10 Å². The smallest absolute Gasteiger partial charge is 0.252 e. The Morgan fingerprint density at radius 3 is 2.58 bits per heavy atom. The fourth-order valence-electron chi connectivity index (χ4n) is 5.63. The molecular formula is C29H36N6O3. The van der Waals surface area contributed by atoms with Gasteiger partial charge in [0, 0.05) is 35.1 Å². The molecule has 0 amide bonds. The quantitative estimate of drug-likeness (QED) is 0.310. The molecule has 0 saturated heterocycles. The third-order valence-corrected chi connectivity index (χ3v) is 7.63. The lowest BCUT2D eigenvalue weighted by Crippen LogP contribution is -2.33. The van der Waals surface area contributed by atoms with Crippen LogP contribution in [-0.4, -0.2) is 44.3 Å². The van der Waals surface area contributed by atoms with Crippen molar-refractivity contribution >= 4 is 10.9 Å². The van der Waals surface area contributed by atoms with Crippen molar-refractivity contribution in [2.24, 2.45) is 0 Å². The highest BCUT2D eigenvalue weighted by atomic mass is 16.5. The van der Waals surface area contributed by atoms with Gasteiger partial charge in [-0.05, 0) is 60.0 Å². The minimum atomic E-state index is -0.102. The van der Waals surface area contributed by atoms with E-state index in [9.17, 15) is 4.79 Å². The predicted molar refractivity (Wildman–Crippen MR) is 146 cm³/mol. The van der Waals surface area contributed by atoms with E-state index in [4.69, 9.17) is 9.47 Å². The monoisotopic (exact) mass is 516 g/mol. The van der Waals surface area contributed by atoms with Crippen LogP contribution in [0, 0.1) is 0 Å². The summed E-state index contributed by atoms with van der Waals surface area (Å²) < 4.78 is 13.1. The van der Waals surface area contributed by atoms with E-state index in [-0.39, 0.29) is 11.6 Å². The summed E-state index contributed by atoms with van der Waals surface area (Å²) in [5.74, 6) is 2.42. The lowest BCUT2D eigenvalue weighted by molar-refractivity contribution is 0.153. The van der Waals surface area contributed by atoms with Gasteiger partial charge in [-0.1, -0.05) is 44.4 Å². The minimum absolute atomic E-state index is 0.0859. The third-order valence-electron chi connectivity index (χ3n) is 7.63. The van der Waals surface area contributed by atoms with Gasteiger partial charge in [0.2, 0.25) is 0 Å². The van der Waals surface area contributed by atoms with E-state index in [0.29, 0.717) is 24.7 Å². The van der Waals surface area contributed by atoms with Gasteiger partial charge in [-0.3, -0.25) is 9.69 Å². The van der Waals surface area contributed by atoms with Crippen LogP contribution in [-0.2, 0) is 13.1 Å². The van der Waals surface area contributed by atoms with Crippen LogP contribution in [0.1, 0.15) is 74.5 Å². The molecule has 2 heterocycles. The molecule has 0 spiro atoms. The molecule has 4 aromatic rings. The lowest BCUT2D eigenvalue weighted by atomic mass is 9.95. The molecule has 9 heteroatoms. The number of H-pyrrole nitrogens is 1. The maximum absolute atomic E-state index is 13.2. The van der Waals surface area contributed by atoms with Crippen molar-refractivity contribution in [3.8, 4) is 11.5 Å². The minimum Gasteiger partial charge on any atom is -0.497 e. The number of para-hydroxylation sites is 1. The Balaban J connectivity index is 1.55. The van der Waals surface area contributed by atoms with Crippen molar-refractivity contribution in [2.45, 2.75) is 70.6 Å². The maximum Gasteiger partial charge on any atom is 0.252 e. The van der Waals surface area contributed by atoms with Crippen molar-refractivity contribution in [1.29, 1.82) is 0 Å². The Morgan fingerprint density at radius 1 is 1.03 bits per heavy atom. The van der Waals surface area contributed by atoms with Crippen molar-refractivity contribution in [2.75, 3.05) is 14.2 Å². The number of tetrazole rings is 1. The maximum atomic E-state index is 13.2. The first-order chi connectivity index (χ1) is 18.6. The van der Waals surface area contributed by atoms with E-state index < -0.39 is 0 Å². The average Bonchev–Trinajstić information content (AvgIpc) is 3.44. The molecule has 2 aromatic heterocycles. The number of nitrogens with one attached hydrogen (secondary N) is 1. The number of hydrogen-bond donors (Lipinski definition) is 1. The molecule has 200 valence electrons. The number of aromatic nitrogens is 5. The van der Waals surface area contributed by atoms with Crippen LogP contribution in [0.4, 0.5) is 0 Å². The lowest BCUT2D eigenvalue weighted by Gasteiger charge is -2.32. The number of benzene rings is 2. The van der Waals surface area contributed by atoms with Crippen LogP contribution >= 0.6 is 0 Å². The van der Waals surface area contributed by atoms with Gasteiger partial charge >= 0.3 is 0 Å². The summed E-state index contributed by atoms with van der Waals surface area (Å²) in [6, 6.07) is 15.9. The Kier molecular flexibility index (Phi) is 8.03. The van der Waals surface area contributed by atoms with Crippen LogP contribution < -0.4 is 15.0 Å². The molecule has 1 unspecified atom stereocenters. The third kappa shape index (κ3) is 5.43. The first-order valence-corrected chi connectivity index (χ1v) is 13.4. The van der Waals surface area contributed by atoms with Gasteiger partial charge in [0.1, 0.15) is 11.5 Å². The van der Waals surface area contributed by atoms with E-state index in [0.717, 1.165) is 53.1 Å². The molecular weight excluding hydrogens is 480 g/mol. The molecule has 2 aromatic carbocycles. The van der Waals surface area contributed by atoms with Gasteiger partial charge < -0.3 is 14.5 Å². The van der Waals surface area contributed by atoms with Crippen LogP contribution in [0.2, 0.25) is 0 Å². The van der Waals surface area contributed by atoms with Crippen LogP contribution in [0.15, 0.2) is 53.3 Å². The molecule has 9 nitrogen and oxygen atoms in total. The highest BCUT2D eigenvalue weighted by Crippen LogP contribution is 2.33. The number of fused-ring (bicyclic) bond motifs is 1. The standard InChI is InChI=1S/C29H36N6O3/c1-4-26(28-31-32-33-35(28)23-11-6-5-7-12-23)34(18-20-10-8-9-13-27(20)38-3)19-22-16-21-17-24(37-2)14-15-25(21)30-29(22)36/h8-10,13-17,23,26H,4-7,11-12,18-19H2,1-3H3,(H,30,36). The topological polar surface area (TPSA) is 98.2 Å². The molecule has 38 heavy (non-hydrogen) atoms. The molecule has 1 fully saturated rings. The summed E-state index contributed by atoms with van der Waals surface area (Å²) >= 11 is 0. The fourth-order valence-corrected chi connectivity index (χ4v) is 5.63. The first kappa shape index (κ1) is 25.9. The average molecular weight is 517 g/mol. The second-order valence-corrected chi connectivity index (χ2v) is 9.99. The zero-order chi connectivity index (χ0) is 26.5. The van der Waals surface area contributed by atoms with Crippen molar-refractivity contribution in [3.63, 3.8) is 0 Å². The van der Waals surface area contributed by atoms with E-state index in [2.05, 4.69) is 38.4 Å². The van der Waals surface area contributed by atoms with E-state index >= 15 is 0 Å². The van der Waals surface area contributed by atoms with Gasteiger partial charge in [0.25, 0.3) is 5.56 Å². The Labute approximate surface area is 222 Å². The molecule has 5 rings (SSSR count). The fraction of sp³-hybridized carbons (Fsp3) is 0.448. The number of rotatable bonds is 10.